The largest absolute Gasteiger partial charge is 0.395 e. The minimum Gasteiger partial charge on any atom is -0.395 e. The lowest BCUT2D eigenvalue weighted by Crippen LogP contribution is -2.44. The zero-order chi connectivity index (χ0) is 12.1. The Balaban J connectivity index is 2.56. The highest BCUT2D eigenvalue weighted by Crippen LogP contribution is 2.19. The maximum absolute atomic E-state index is 11.0. The summed E-state index contributed by atoms with van der Waals surface area (Å²) in [6, 6.07) is -0.505. The third kappa shape index (κ3) is 3.17. The van der Waals surface area contributed by atoms with Gasteiger partial charge in [0.25, 0.3) is 0 Å². The fourth-order valence-electron chi connectivity index (χ4n) is 2.21. The lowest BCUT2D eigenvalue weighted by molar-refractivity contribution is -0.120. The van der Waals surface area contributed by atoms with Gasteiger partial charge in [0.15, 0.2) is 0 Å². The van der Waals surface area contributed by atoms with E-state index in [0.717, 1.165) is 19.4 Å². The lowest BCUT2D eigenvalue weighted by Gasteiger charge is -2.23. The fourth-order valence-corrected chi connectivity index (χ4v) is 2.21. The third-order valence-corrected chi connectivity index (χ3v) is 3.08. The van der Waals surface area contributed by atoms with E-state index in [1.807, 2.05) is 0 Å². The Kier molecular flexibility index (Phi) is 5.18. The van der Waals surface area contributed by atoms with Gasteiger partial charge in [-0.1, -0.05) is 13.3 Å². The molecule has 0 aromatic carbocycles. The molecule has 0 aromatic heterocycles. The summed E-state index contributed by atoms with van der Waals surface area (Å²) < 4.78 is 0. The number of hydrogen-bond acceptors (Lipinski definition) is 4. The van der Waals surface area contributed by atoms with Crippen LogP contribution >= 0.6 is 0 Å². The van der Waals surface area contributed by atoms with E-state index in [4.69, 9.17) is 0 Å². The van der Waals surface area contributed by atoms with Crippen molar-refractivity contribution < 1.29 is 15.0 Å². The van der Waals surface area contributed by atoms with E-state index < -0.39 is 6.10 Å². The summed E-state index contributed by atoms with van der Waals surface area (Å²) in [6.07, 6.45) is 1.44. The van der Waals surface area contributed by atoms with Crippen molar-refractivity contribution >= 4 is 5.91 Å². The predicted molar refractivity (Wildman–Crippen MR) is 61.0 cm³/mol. The quantitative estimate of drug-likeness (QED) is 0.585. The zero-order valence-corrected chi connectivity index (χ0v) is 10.0. The van der Waals surface area contributed by atoms with Crippen LogP contribution in [0.3, 0.4) is 0 Å². The maximum Gasteiger partial charge on any atom is 0.217 e. The van der Waals surface area contributed by atoms with E-state index in [1.165, 1.54) is 6.92 Å². The highest BCUT2D eigenvalue weighted by molar-refractivity contribution is 5.73. The Morgan fingerprint density at radius 3 is 2.75 bits per heavy atom. The predicted octanol–water partition coefficient (Wildman–Crippen LogP) is -0.671. The average Bonchev–Trinajstić information content (AvgIpc) is 2.51. The molecule has 94 valence electrons. The van der Waals surface area contributed by atoms with Crippen molar-refractivity contribution in [1.29, 1.82) is 0 Å². The molecule has 1 heterocycles. The molecule has 0 spiro atoms. The number of carbonyl (C=O) groups is 1. The fraction of sp³-hybridized carbons (Fsp3) is 0.909. The minimum absolute atomic E-state index is 0.0685. The van der Waals surface area contributed by atoms with Crippen LogP contribution in [-0.2, 0) is 4.79 Å². The number of hydrogen-bond donors (Lipinski definition) is 3. The molecule has 0 aliphatic carbocycles. The molecule has 16 heavy (non-hydrogen) atoms. The van der Waals surface area contributed by atoms with Gasteiger partial charge in [0.05, 0.1) is 24.8 Å². The molecule has 1 aliphatic rings. The van der Waals surface area contributed by atoms with Crippen LogP contribution in [0.5, 0.6) is 0 Å². The molecule has 3 atom stereocenters. The van der Waals surface area contributed by atoms with Crippen molar-refractivity contribution in [1.82, 2.24) is 10.2 Å². The molecule has 0 radical (unpaired) electrons. The summed E-state index contributed by atoms with van der Waals surface area (Å²) in [5.74, 6) is -0.141. The molecule has 1 amide bonds. The van der Waals surface area contributed by atoms with Crippen molar-refractivity contribution in [2.45, 2.75) is 44.9 Å². The van der Waals surface area contributed by atoms with Gasteiger partial charge in [-0.15, -0.1) is 0 Å². The average molecular weight is 230 g/mol. The number of rotatable bonds is 5. The molecule has 5 heteroatoms. The van der Waals surface area contributed by atoms with Gasteiger partial charge in [0.2, 0.25) is 5.91 Å². The highest BCUT2D eigenvalue weighted by Gasteiger charge is 2.40. The second-order valence-electron chi connectivity index (χ2n) is 4.40. The first kappa shape index (κ1) is 13.4. The van der Waals surface area contributed by atoms with Gasteiger partial charge in [-0.05, 0) is 13.0 Å². The van der Waals surface area contributed by atoms with E-state index in [0.29, 0.717) is 6.54 Å². The Labute approximate surface area is 96.4 Å². The Bertz CT molecular complexity index is 235. The molecular formula is C11H22N2O3. The summed E-state index contributed by atoms with van der Waals surface area (Å²) in [5.41, 5.74) is 0. The molecule has 3 N–H and O–H groups in total. The number of nitrogens with zero attached hydrogens (tertiary/aromatic N) is 1. The van der Waals surface area contributed by atoms with Crippen LogP contribution in [0.2, 0.25) is 0 Å². The van der Waals surface area contributed by atoms with Gasteiger partial charge < -0.3 is 15.5 Å². The van der Waals surface area contributed by atoms with Gasteiger partial charge in [-0.2, -0.15) is 0 Å². The number of aliphatic hydroxyl groups is 2. The summed E-state index contributed by atoms with van der Waals surface area (Å²) >= 11 is 0. The zero-order valence-electron chi connectivity index (χ0n) is 10.0. The first-order valence-corrected chi connectivity index (χ1v) is 5.90. The Morgan fingerprint density at radius 2 is 2.25 bits per heavy atom. The van der Waals surface area contributed by atoms with Crippen LogP contribution in [0.1, 0.15) is 26.7 Å². The second kappa shape index (κ2) is 6.18. The molecule has 0 bridgehead atoms. The van der Waals surface area contributed by atoms with E-state index in [1.54, 1.807) is 0 Å². The molecule has 1 fully saturated rings. The number of carbonyl (C=O) groups excluding carboxylic acids is 1. The van der Waals surface area contributed by atoms with Gasteiger partial charge in [-0.3, -0.25) is 9.69 Å². The summed E-state index contributed by atoms with van der Waals surface area (Å²) in [6.45, 7) is 4.95. The van der Waals surface area contributed by atoms with Gasteiger partial charge in [-0.25, -0.2) is 0 Å². The number of likely N-dealkylation sites (tertiary alicyclic amines) is 1. The monoisotopic (exact) mass is 230 g/mol. The molecule has 0 unspecified atom stereocenters. The Hall–Kier alpha value is -0.650. The number of amides is 1. The highest BCUT2D eigenvalue weighted by atomic mass is 16.3. The maximum atomic E-state index is 11.0. The van der Waals surface area contributed by atoms with Crippen LogP contribution in [-0.4, -0.2) is 58.9 Å². The van der Waals surface area contributed by atoms with E-state index in [-0.39, 0.29) is 24.6 Å². The van der Waals surface area contributed by atoms with Gasteiger partial charge in [0.1, 0.15) is 0 Å². The van der Waals surface area contributed by atoms with E-state index in [2.05, 4.69) is 17.1 Å². The molecule has 5 nitrogen and oxygen atoms in total. The standard InChI is InChI=1S/C11H22N2O3/c1-3-4-5-13-6-9(12-8(2)15)11(16)10(13)7-14/h9-11,14,16H,3-7H2,1-2H3,(H,12,15)/t9-,10+,11-/m1/s1. The lowest BCUT2D eigenvalue weighted by atomic mass is 10.1. The van der Waals surface area contributed by atoms with Gasteiger partial charge in [0, 0.05) is 13.5 Å². The molecule has 0 aromatic rings. The third-order valence-electron chi connectivity index (χ3n) is 3.08. The summed E-state index contributed by atoms with van der Waals surface area (Å²) in [4.78, 5) is 13.0. The number of aliphatic hydroxyl groups excluding tert-OH is 2. The van der Waals surface area contributed by atoms with E-state index >= 15 is 0 Å². The second-order valence-corrected chi connectivity index (χ2v) is 4.40. The molecule has 0 saturated carbocycles. The topological polar surface area (TPSA) is 72.8 Å². The van der Waals surface area contributed by atoms with Crippen LogP contribution in [0, 0.1) is 0 Å². The minimum atomic E-state index is -0.675. The van der Waals surface area contributed by atoms with Crippen LogP contribution < -0.4 is 5.32 Å². The Morgan fingerprint density at radius 1 is 1.56 bits per heavy atom. The summed E-state index contributed by atoms with van der Waals surface area (Å²) in [7, 11) is 0. The van der Waals surface area contributed by atoms with Crippen molar-refractivity contribution in [3.63, 3.8) is 0 Å². The van der Waals surface area contributed by atoms with Crippen molar-refractivity contribution in [3.8, 4) is 0 Å². The van der Waals surface area contributed by atoms with Crippen LogP contribution in [0.25, 0.3) is 0 Å². The first-order valence-electron chi connectivity index (χ1n) is 5.90. The van der Waals surface area contributed by atoms with Crippen molar-refractivity contribution in [2.75, 3.05) is 19.7 Å². The molecular weight excluding hydrogens is 208 g/mol. The van der Waals surface area contributed by atoms with Crippen LogP contribution in [0.15, 0.2) is 0 Å². The molecule has 1 aliphatic heterocycles. The smallest absolute Gasteiger partial charge is 0.217 e. The molecule has 1 rings (SSSR count). The summed E-state index contributed by atoms with van der Waals surface area (Å²) in [5, 5.41) is 21.9. The number of unbranched alkanes of at least 4 members (excludes halogenated alkanes) is 1. The molecule has 1 saturated heterocycles. The normalized spacial score (nSPS) is 30.6. The van der Waals surface area contributed by atoms with Crippen LogP contribution in [0.4, 0.5) is 0 Å². The first-order chi connectivity index (χ1) is 7.60. The number of nitrogens with one attached hydrogen (secondary N) is 1. The SMILES string of the molecule is CCCCN1C[C@@H](NC(C)=O)[C@@H](O)[C@@H]1CO. The van der Waals surface area contributed by atoms with Crippen molar-refractivity contribution in [3.05, 3.63) is 0 Å². The van der Waals surface area contributed by atoms with E-state index in [9.17, 15) is 15.0 Å². The van der Waals surface area contributed by atoms with Crippen molar-refractivity contribution in [2.24, 2.45) is 0 Å². The van der Waals surface area contributed by atoms with Gasteiger partial charge >= 0.3 is 0 Å².